The number of carbonyl (C=O) groups excluding carboxylic acids is 1. The molecule has 0 unspecified atom stereocenters. The number of hydrogen-bond acceptors (Lipinski definition) is 4. The molecule has 0 saturated heterocycles. The van der Waals surface area contributed by atoms with Crippen LogP contribution in [0.4, 0.5) is 5.69 Å². The van der Waals surface area contributed by atoms with Gasteiger partial charge in [-0.25, -0.2) is 0 Å². The second-order valence-corrected chi connectivity index (χ2v) is 5.32. The molecule has 0 saturated carbocycles. The Hall–Kier alpha value is -3.08. The topological polar surface area (TPSA) is 60.5 Å². The lowest BCUT2D eigenvalue weighted by molar-refractivity contribution is 0.102. The average molecular weight is 306 g/mol. The molecule has 1 N–H and O–H groups in total. The number of rotatable bonds is 2. The number of carbonyl (C=O) groups is 1. The number of hydrogen-bond donors (Lipinski definition) is 1. The summed E-state index contributed by atoms with van der Waals surface area (Å²) in [5.74, 6) is 0.842. The number of para-hydroxylation sites is 1. The minimum atomic E-state index is -0.235. The molecule has 0 fully saturated rings. The summed E-state index contributed by atoms with van der Waals surface area (Å²) in [6.07, 6.45) is 1.75. The van der Waals surface area contributed by atoms with E-state index < -0.39 is 0 Å². The monoisotopic (exact) mass is 306 g/mol. The summed E-state index contributed by atoms with van der Waals surface area (Å²) in [6, 6.07) is 12.9. The van der Waals surface area contributed by atoms with Crippen molar-refractivity contribution in [2.45, 2.75) is 6.92 Å². The van der Waals surface area contributed by atoms with Crippen LogP contribution in [0.5, 0.6) is 11.5 Å². The van der Waals surface area contributed by atoms with Crippen molar-refractivity contribution < 1.29 is 14.3 Å². The summed E-state index contributed by atoms with van der Waals surface area (Å²) in [7, 11) is 0. The Bertz CT molecular complexity index is 921. The van der Waals surface area contributed by atoms with Crippen LogP contribution in [0.2, 0.25) is 0 Å². The molecule has 2 aromatic carbocycles. The molecule has 0 atom stereocenters. The molecule has 23 heavy (non-hydrogen) atoms. The van der Waals surface area contributed by atoms with Crippen LogP contribution in [-0.2, 0) is 0 Å². The van der Waals surface area contributed by atoms with E-state index >= 15 is 0 Å². The summed E-state index contributed by atoms with van der Waals surface area (Å²) in [4.78, 5) is 17.0. The zero-order valence-corrected chi connectivity index (χ0v) is 12.5. The smallest absolute Gasteiger partial charge is 0.259 e. The van der Waals surface area contributed by atoms with Crippen LogP contribution in [-0.4, -0.2) is 17.7 Å². The molecule has 0 bridgehead atoms. The standard InChI is InChI=1S/C18H14N2O3/c1-11-7-8-14(12-5-3-9-19-16(11)12)20-18(21)13-4-2-6-15-17(13)23-10-22-15/h2-9H,10H2,1H3,(H,20,21). The van der Waals surface area contributed by atoms with Gasteiger partial charge < -0.3 is 14.8 Å². The molecular weight excluding hydrogens is 292 g/mol. The van der Waals surface area contributed by atoms with Crippen LogP contribution in [0.3, 0.4) is 0 Å². The maximum atomic E-state index is 12.6. The molecule has 0 spiro atoms. The number of aromatic nitrogens is 1. The number of amides is 1. The first-order valence-corrected chi connectivity index (χ1v) is 7.28. The first kappa shape index (κ1) is 13.6. The molecule has 1 aliphatic heterocycles. The Morgan fingerprint density at radius 1 is 1.13 bits per heavy atom. The molecule has 5 nitrogen and oxygen atoms in total. The highest BCUT2D eigenvalue weighted by Crippen LogP contribution is 2.36. The number of pyridine rings is 1. The Labute approximate surface area is 132 Å². The summed E-state index contributed by atoms with van der Waals surface area (Å²) in [5, 5.41) is 3.85. The van der Waals surface area contributed by atoms with Gasteiger partial charge in [0.25, 0.3) is 5.91 Å². The predicted molar refractivity (Wildman–Crippen MR) is 87.0 cm³/mol. The highest BCUT2D eigenvalue weighted by Gasteiger charge is 2.22. The summed E-state index contributed by atoms with van der Waals surface area (Å²) < 4.78 is 10.7. The van der Waals surface area contributed by atoms with E-state index in [1.54, 1.807) is 24.4 Å². The van der Waals surface area contributed by atoms with Gasteiger partial charge >= 0.3 is 0 Å². The third-order valence-electron chi connectivity index (χ3n) is 3.86. The number of nitrogens with one attached hydrogen (secondary N) is 1. The van der Waals surface area contributed by atoms with E-state index in [-0.39, 0.29) is 12.7 Å². The molecule has 1 aromatic heterocycles. The van der Waals surface area contributed by atoms with Crippen LogP contribution < -0.4 is 14.8 Å². The number of aryl methyl sites for hydroxylation is 1. The van der Waals surface area contributed by atoms with Crippen molar-refractivity contribution in [1.29, 1.82) is 0 Å². The quantitative estimate of drug-likeness (QED) is 0.787. The SMILES string of the molecule is Cc1ccc(NC(=O)c2cccc3c2OCO3)c2cccnc12. The Morgan fingerprint density at radius 3 is 2.96 bits per heavy atom. The minimum absolute atomic E-state index is 0.136. The highest BCUT2D eigenvalue weighted by molar-refractivity contribution is 6.10. The van der Waals surface area contributed by atoms with Crippen LogP contribution in [0.1, 0.15) is 15.9 Å². The number of anilines is 1. The second-order valence-electron chi connectivity index (χ2n) is 5.32. The Morgan fingerprint density at radius 2 is 2.04 bits per heavy atom. The van der Waals surface area contributed by atoms with E-state index in [9.17, 15) is 4.79 Å². The first-order chi connectivity index (χ1) is 11.2. The van der Waals surface area contributed by atoms with Gasteiger partial charge in [-0.05, 0) is 42.8 Å². The zero-order chi connectivity index (χ0) is 15.8. The fraction of sp³-hybridized carbons (Fsp3) is 0.111. The maximum Gasteiger partial charge on any atom is 0.259 e. The van der Waals surface area contributed by atoms with Crippen molar-refractivity contribution in [2.75, 3.05) is 12.1 Å². The summed E-state index contributed by atoms with van der Waals surface area (Å²) in [5.41, 5.74) is 3.12. The molecule has 114 valence electrons. The number of benzene rings is 2. The molecule has 0 aliphatic carbocycles. The van der Waals surface area contributed by atoms with E-state index in [0.717, 1.165) is 22.2 Å². The lowest BCUT2D eigenvalue weighted by atomic mass is 10.1. The zero-order valence-electron chi connectivity index (χ0n) is 12.5. The van der Waals surface area contributed by atoms with Crippen molar-refractivity contribution in [1.82, 2.24) is 4.98 Å². The third kappa shape index (κ3) is 2.26. The molecular formula is C18H14N2O3. The second kappa shape index (κ2) is 5.28. The van der Waals surface area contributed by atoms with Gasteiger partial charge in [0, 0.05) is 11.6 Å². The first-order valence-electron chi connectivity index (χ1n) is 7.28. The molecule has 5 heteroatoms. The minimum Gasteiger partial charge on any atom is -0.454 e. The fourth-order valence-corrected chi connectivity index (χ4v) is 2.72. The lowest BCUT2D eigenvalue weighted by Crippen LogP contribution is -2.13. The van der Waals surface area contributed by atoms with E-state index in [2.05, 4.69) is 10.3 Å². The van der Waals surface area contributed by atoms with Crippen molar-refractivity contribution >= 4 is 22.5 Å². The lowest BCUT2D eigenvalue weighted by Gasteiger charge is -2.11. The van der Waals surface area contributed by atoms with Crippen molar-refractivity contribution in [3.63, 3.8) is 0 Å². The average Bonchev–Trinajstić information content (AvgIpc) is 3.06. The molecule has 1 amide bonds. The Kier molecular flexibility index (Phi) is 3.12. The fourth-order valence-electron chi connectivity index (χ4n) is 2.72. The van der Waals surface area contributed by atoms with Gasteiger partial charge in [0.1, 0.15) is 0 Å². The number of fused-ring (bicyclic) bond motifs is 2. The van der Waals surface area contributed by atoms with Crippen molar-refractivity contribution in [3.8, 4) is 11.5 Å². The van der Waals surface area contributed by atoms with Gasteiger partial charge in [-0.2, -0.15) is 0 Å². The van der Waals surface area contributed by atoms with Gasteiger partial charge in [-0.15, -0.1) is 0 Å². The maximum absolute atomic E-state index is 12.6. The summed E-state index contributed by atoms with van der Waals surface area (Å²) >= 11 is 0. The number of ether oxygens (including phenoxy) is 2. The van der Waals surface area contributed by atoms with Crippen molar-refractivity contribution in [2.24, 2.45) is 0 Å². The van der Waals surface area contributed by atoms with E-state index in [4.69, 9.17) is 9.47 Å². The molecule has 2 heterocycles. The van der Waals surface area contributed by atoms with Crippen LogP contribution in [0.15, 0.2) is 48.7 Å². The third-order valence-corrected chi connectivity index (χ3v) is 3.86. The van der Waals surface area contributed by atoms with Crippen LogP contribution in [0.25, 0.3) is 10.9 Å². The molecule has 4 rings (SSSR count). The predicted octanol–water partition coefficient (Wildman–Crippen LogP) is 3.52. The highest BCUT2D eigenvalue weighted by atomic mass is 16.7. The normalized spacial score (nSPS) is 12.4. The molecule has 0 radical (unpaired) electrons. The van der Waals surface area contributed by atoms with Gasteiger partial charge in [0.2, 0.25) is 6.79 Å². The van der Waals surface area contributed by atoms with Crippen LogP contribution in [0, 0.1) is 6.92 Å². The van der Waals surface area contributed by atoms with E-state index in [1.165, 1.54) is 0 Å². The van der Waals surface area contributed by atoms with Gasteiger partial charge in [-0.1, -0.05) is 12.1 Å². The number of nitrogens with zero attached hydrogens (tertiary/aromatic N) is 1. The Balaban J connectivity index is 1.73. The van der Waals surface area contributed by atoms with Gasteiger partial charge in [0.15, 0.2) is 11.5 Å². The van der Waals surface area contributed by atoms with E-state index in [1.807, 2.05) is 31.2 Å². The molecule has 3 aromatic rings. The van der Waals surface area contributed by atoms with Gasteiger partial charge in [0.05, 0.1) is 16.8 Å². The summed E-state index contributed by atoms with van der Waals surface area (Å²) in [6.45, 7) is 2.13. The van der Waals surface area contributed by atoms with Crippen molar-refractivity contribution in [3.05, 3.63) is 59.8 Å². The largest absolute Gasteiger partial charge is 0.454 e. The van der Waals surface area contributed by atoms with E-state index in [0.29, 0.717) is 17.1 Å². The van der Waals surface area contributed by atoms with Gasteiger partial charge in [-0.3, -0.25) is 9.78 Å². The molecule has 1 aliphatic rings. The van der Waals surface area contributed by atoms with Crippen LogP contribution >= 0.6 is 0 Å².